The largest absolute Gasteiger partial charge is 0.463 e. The molecular formula is C27H37BrN4O6. The molecule has 0 bridgehead atoms. The molecule has 0 saturated carbocycles. The average molecular weight is 594 g/mol. The van der Waals surface area contributed by atoms with Crippen LogP contribution < -0.4 is 15.4 Å². The van der Waals surface area contributed by atoms with E-state index in [9.17, 15) is 14.7 Å². The third-order valence-electron chi connectivity index (χ3n) is 5.83. The van der Waals surface area contributed by atoms with E-state index < -0.39 is 17.6 Å². The Labute approximate surface area is 231 Å². The summed E-state index contributed by atoms with van der Waals surface area (Å²) in [6, 6.07) is 8.42. The zero-order valence-corrected chi connectivity index (χ0v) is 23.7. The number of para-hydroxylation sites is 1. The molecule has 1 aromatic heterocycles. The van der Waals surface area contributed by atoms with E-state index in [1.54, 1.807) is 43.8 Å². The normalized spacial score (nSPS) is 15.7. The van der Waals surface area contributed by atoms with Crippen molar-refractivity contribution >= 4 is 33.6 Å². The molecule has 2 heterocycles. The van der Waals surface area contributed by atoms with Gasteiger partial charge in [0.05, 0.1) is 41.9 Å². The summed E-state index contributed by atoms with van der Waals surface area (Å²) in [4.78, 5) is 25.6. The van der Waals surface area contributed by atoms with Gasteiger partial charge >= 0.3 is 5.97 Å². The molecule has 38 heavy (non-hydrogen) atoms. The predicted octanol–water partition coefficient (Wildman–Crippen LogP) is 3.66. The molecular weight excluding hydrogens is 556 g/mol. The summed E-state index contributed by atoms with van der Waals surface area (Å²) in [6.45, 7) is 7.10. The quantitative estimate of drug-likeness (QED) is 0.183. The van der Waals surface area contributed by atoms with Crippen molar-refractivity contribution in [3.63, 3.8) is 0 Å². The Hall–Kier alpha value is -2.73. The van der Waals surface area contributed by atoms with Crippen molar-refractivity contribution < 1.29 is 28.9 Å². The summed E-state index contributed by atoms with van der Waals surface area (Å²) >= 11 is 3.46. The van der Waals surface area contributed by atoms with Crippen LogP contribution >= 0.6 is 15.9 Å². The minimum absolute atomic E-state index is 0.120. The van der Waals surface area contributed by atoms with Crippen molar-refractivity contribution in [1.82, 2.24) is 15.1 Å². The summed E-state index contributed by atoms with van der Waals surface area (Å²) in [5.74, 6) is 0.772. The first kappa shape index (κ1) is 29.8. The van der Waals surface area contributed by atoms with Gasteiger partial charge in [-0.25, -0.2) is 4.79 Å². The first-order valence-electron chi connectivity index (χ1n) is 12.8. The zero-order valence-electron chi connectivity index (χ0n) is 22.1. The smallest absolute Gasteiger partial charge is 0.334 e. The molecule has 1 atom stereocenters. The molecule has 208 valence electrons. The highest BCUT2D eigenvalue weighted by Crippen LogP contribution is 2.26. The van der Waals surface area contributed by atoms with E-state index in [0.29, 0.717) is 49.4 Å². The number of nitrogens with zero attached hydrogens (tertiary/aromatic N) is 2. The number of anilines is 1. The van der Waals surface area contributed by atoms with E-state index in [-0.39, 0.29) is 19.1 Å². The summed E-state index contributed by atoms with van der Waals surface area (Å²) in [5.41, 5.74) is -0.935. The number of hydrogen-bond donors (Lipinski definition) is 3. The van der Waals surface area contributed by atoms with Crippen LogP contribution in [0.1, 0.15) is 40.0 Å². The molecule has 0 aliphatic carbocycles. The van der Waals surface area contributed by atoms with Gasteiger partial charge in [0.2, 0.25) is 5.91 Å². The van der Waals surface area contributed by atoms with Crippen LogP contribution in [-0.4, -0.2) is 64.8 Å². The highest BCUT2D eigenvalue weighted by atomic mass is 79.9. The van der Waals surface area contributed by atoms with E-state index in [2.05, 4.69) is 31.7 Å². The lowest BCUT2D eigenvalue weighted by atomic mass is 9.92. The third-order valence-corrected chi connectivity index (χ3v) is 6.49. The van der Waals surface area contributed by atoms with Gasteiger partial charge < -0.3 is 24.6 Å². The van der Waals surface area contributed by atoms with Crippen molar-refractivity contribution in [3.8, 4) is 5.75 Å². The first-order chi connectivity index (χ1) is 18.1. The van der Waals surface area contributed by atoms with Gasteiger partial charge in [0.15, 0.2) is 5.82 Å². The van der Waals surface area contributed by atoms with Crippen LogP contribution in [0.15, 0.2) is 52.8 Å². The number of halogens is 1. The molecule has 0 radical (unpaired) electrons. The first-order valence-corrected chi connectivity index (χ1v) is 13.6. The summed E-state index contributed by atoms with van der Waals surface area (Å²) < 4.78 is 18.9. The summed E-state index contributed by atoms with van der Waals surface area (Å²) in [7, 11) is 0. The molecule has 10 nitrogen and oxygen atoms in total. The number of nitrogens with one attached hydrogen (secondary N) is 2. The number of ether oxygens (including phenoxy) is 3. The van der Waals surface area contributed by atoms with Crippen molar-refractivity contribution in [1.29, 1.82) is 0 Å². The number of hydrogen-bond acceptors (Lipinski definition) is 8. The van der Waals surface area contributed by atoms with Gasteiger partial charge in [-0.15, -0.1) is 0 Å². The van der Waals surface area contributed by atoms with Crippen molar-refractivity contribution in [2.24, 2.45) is 5.92 Å². The van der Waals surface area contributed by atoms with Crippen LogP contribution in [-0.2, 0) is 25.6 Å². The minimum atomic E-state index is -0.935. The molecule has 3 rings (SSSR count). The lowest BCUT2D eigenvalue weighted by Crippen LogP contribution is -2.43. The lowest BCUT2D eigenvalue weighted by molar-refractivity contribution is -0.137. The number of rotatable bonds is 13. The number of amides is 1. The molecule has 1 unspecified atom stereocenters. The van der Waals surface area contributed by atoms with Crippen molar-refractivity contribution in [2.75, 3.05) is 31.7 Å². The maximum absolute atomic E-state index is 13.4. The van der Waals surface area contributed by atoms with E-state index in [4.69, 9.17) is 14.2 Å². The van der Waals surface area contributed by atoms with Crippen LogP contribution in [0.3, 0.4) is 0 Å². The standard InChI is InChI=1S/C27H37BrN4O6/c1-4-37-25(33)16-20(38-23-8-6-5-7-21(23)28)17-29-22(15-19-10-13-36-14-11-19)26(34)30-24-9-12-32(31-24)18-27(2,3)35/h5-9,12,16,19,22,29,35H,4,10-11,13-15,17-18H2,1-3H3,(H,30,31,34)/b20-16-. The van der Waals surface area contributed by atoms with E-state index in [1.165, 1.54) is 6.08 Å². The van der Waals surface area contributed by atoms with Gasteiger partial charge in [0.1, 0.15) is 11.5 Å². The number of esters is 1. The minimum Gasteiger partial charge on any atom is -0.463 e. The fourth-order valence-corrected chi connectivity index (χ4v) is 4.41. The van der Waals surface area contributed by atoms with Gasteiger partial charge in [-0.2, -0.15) is 5.10 Å². The Morgan fingerprint density at radius 3 is 2.71 bits per heavy atom. The fourth-order valence-electron chi connectivity index (χ4n) is 4.05. The number of benzene rings is 1. The Bertz CT molecular complexity index is 1090. The molecule has 3 N–H and O–H groups in total. The van der Waals surface area contributed by atoms with Crippen LogP contribution in [0, 0.1) is 5.92 Å². The van der Waals surface area contributed by atoms with Gasteiger partial charge in [-0.1, -0.05) is 12.1 Å². The summed E-state index contributed by atoms with van der Waals surface area (Å²) in [6.07, 6.45) is 5.31. The molecule has 2 aromatic rings. The molecule has 1 fully saturated rings. The maximum atomic E-state index is 13.4. The number of aromatic nitrogens is 2. The average Bonchev–Trinajstić information content (AvgIpc) is 3.28. The van der Waals surface area contributed by atoms with Crippen LogP contribution in [0.4, 0.5) is 5.82 Å². The Morgan fingerprint density at radius 1 is 1.29 bits per heavy atom. The zero-order chi connectivity index (χ0) is 27.5. The lowest BCUT2D eigenvalue weighted by Gasteiger charge is -2.27. The second-order valence-electron chi connectivity index (χ2n) is 9.82. The van der Waals surface area contributed by atoms with Crippen molar-refractivity contribution in [3.05, 3.63) is 52.8 Å². The molecule has 1 aliphatic rings. The van der Waals surface area contributed by atoms with Crippen LogP contribution in [0.25, 0.3) is 0 Å². The van der Waals surface area contributed by atoms with Gasteiger partial charge in [0.25, 0.3) is 0 Å². The van der Waals surface area contributed by atoms with E-state index in [0.717, 1.165) is 17.3 Å². The molecule has 1 saturated heterocycles. The topological polar surface area (TPSA) is 124 Å². The van der Waals surface area contributed by atoms with Gasteiger partial charge in [-0.05, 0) is 74.0 Å². The highest BCUT2D eigenvalue weighted by molar-refractivity contribution is 9.10. The fraction of sp³-hybridized carbons (Fsp3) is 0.519. The van der Waals surface area contributed by atoms with E-state index in [1.807, 2.05) is 18.2 Å². The third kappa shape index (κ3) is 10.2. The molecule has 0 spiro atoms. The molecule has 1 aliphatic heterocycles. The monoisotopic (exact) mass is 592 g/mol. The Kier molecular flexibility index (Phi) is 11.3. The van der Waals surface area contributed by atoms with Crippen molar-refractivity contribution in [2.45, 2.75) is 58.2 Å². The molecule has 1 aromatic carbocycles. The second kappa shape index (κ2) is 14.4. The van der Waals surface area contributed by atoms with Crippen LogP contribution in [0.2, 0.25) is 0 Å². The Balaban J connectivity index is 1.74. The number of carbonyl (C=O) groups is 2. The van der Waals surface area contributed by atoms with Gasteiger partial charge in [0, 0.05) is 25.5 Å². The SMILES string of the molecule is CCOC(=O)/C=C(/CNC(CC1CCOCC1)C(=O)Nc1ccn(CC(C)(C)O)n1)Oc1ccccc1Br. The number of carbonyl (C=O) groups excluding carboxylic acids is 2. The van der Waals surface area contributed by atoms with E-state index >= 15 is 0 Å². The van der Waals surface area contributed by atoms with Crippen LogP contribution in [0.5, 0.6) is 5.75 Å². The molecule has 1 amide bonds. The summed E-state index contributed by atoms with van der Waals surface area (Å²) in [5, 5.41) is 20.6. The predicted molar refractivity (Wildman–Crippen MR) is 147 cm³/mol. The Morgan fingerprint density at radius 2 is 2.03 bits per heavy atom. The maximum Gasteiger partial charge on any atom is 0.334 e. The second-order valence-corrected chi connectivity index (χ2v) is 10.7. The highest BCUT2D eigenvalue weighted by Gasteiger charge is 2.26. The molecule has 11 heteroatoms. The van der Waals surface area contributed by atoms with Gasteiger partial charge in [-0.3, -0.25) is 14.8 Å². The number of aliphatic hydroxyl groups is 1.